The van der Waals surface area contributed by atoms with Gasteiger partial charge in [-0.3, -0.25) is 4.79 Å². The summed E-state index contributed by atoms with van der Waals surface area (Å²) in [7, 11) is 0. The van der Waals surface area contributed by atoms with Gasteiger partial charge in [0.05, 0.1) is 22.6 Å². The van der Waals surface area contributed by atoms with Gasteiger partial charge in [-0.25, -0.2) is 4.98 Å². The number of aromatic nitrogens is 3. The average molecular weight is 342 g/mol. The molecule has 0 bridgehead atoms. The van der Waals surface area contributed by atoms with E-state index < -0.39 is 0 Å². The first-order valence-electron chi connectivity index (χ1n) is 5.40. The minimum atomic E-state index is -0.294. The van der Waals surface area contributed by atoms with Crippen molar-refractivity contribution in [2.45, 2.75) is 13.8 Å². The fourth-order valence-corrected chi connectivity index (χ4v) is 1.96. The molecule has 0 aliphatic rings. The Labute approximate surface area is 123 Å². The third kappa shape index (κ3) is 3.27. The molecule has 0 fully saturated rings. The first-order valence-corrected chi connectivity index (χ1v) is 6.58. The molecular formula is C12H10BrClN4O. The highest BCUT2D eigenvalue weighted by Crippen LogP contribution is 2.23. The monoisotopic (exact) mass is 340 g/mol. The summed E-state index contributed by atoms with van der Waals surface area (Å²) in [6, 6.07) is 3.36. The van der Waals surface area contributed by atoms with Crippen molar-refractivity contribution in [3.05, 3.63) is 44.9 Å². The third-order valence-electron chi connectivity index (χ3n) is 2.40. The number of hydrogen-bond acceptors (Lipinski definition) is 4. The summed E-state index contributed by atoms with van der Waals surface area (Å²) < 4.78 is 0.730. The molecule has 1 amide bonds. The second-order valence-corrected chi connectivity index (χ2v) is 5.20. The molecule has 0 aromatic carbocycles. The molecular weight excluding hydrogens is 332 g/mol. The number of amides is 1. The molecule has 98 valence electrons. The lowest BCUT2D eigenvalue weighted by Crippen LogP contribution is -2.15. The van der Waals surface area contributed by atoms with Gasteiger partial charge in [0.15, 0.2) is 5.15 Å². The Bertz CT molecular complexity index is 648. The Morgan fingerprint density at radius 1 is 1.32 bits per heavy atom. The molecule has 0 unspecified atom stereocenters. The van der Waals surface area contributed by atoms with E-state index in [0.717, 1.165) is 4.47 Å². The number of carbonyl (C=O) groups excluding carboxylic acids is 1. The number of pyridine rings is 1. The lowest BCUT2D eigenvalue weighted by molar-refractivity contribution is 0.102. The van der Waals surface area contributed by atoms with Crippen LogP contribution in [-0.2, 0) is 0 Å². The normalized spacial score (nSPS) is 10.3. The molecule has 1 N–H and O–H groups in total. The van der Waals surface area contributed by atoms with Crippen molar-refractivity contribution >= 4 is 39.1 Å². The largest absolute Gasteiger partial charge is 0.319 e. The van der Waals surface area contributed by atoms with E-state index in [0.29, 0.717) is 22.6 Å². The summed E-state index contributed by atoms with van der Waals surface area (Å²) in [6.45, 7) is 3.50. The van der Waals surface area contributed by atoms with Crippen LogP contribution in [0.25, 0.3) is 0 Å². The number of nitrogens with zero attached hydrogens (tertiary/aromatic N) is 3. The predicted molar refractivity (Wildman–Crippen MR) is 76.4 cm³/mol. The SMILES string of the molecule is Cc1cc(C(=O)Nc2cc(Br)cnc2Cl)c(C)nn1. The first kappa shape index (κ1) is 13.9. The van der Waals surface area contributed by atoms with Crippen molar-refractivity contribution in [3.63, 3.8) is 0 Å². The molecule has 0 saturated heterocycles. The van der Waals surface area contributed by atoms with E-state index in [9.17, 15) is 4.79 Å². The summed E-state index contributed by atoms with van der Waals surface area (Å²) in [5.41, 5.74) is 2.13. The highest BCUT2D eigenvalue weighted by molar-refractivity contribution is 9.10. The van der Waals surface area contributed by atoms with Gasteiger partial charge in [0, 0.05) is 10.7 Å². The van der Waals surface area contributed by atoms with Crippen molar-refractivity contribution in [3.8, 4) is 0 Å². The van der Waals surface area contributed by atoms with Crippen LogP contribution in [0.5, 0.6) is 0 Å². The molecule has 0 radical (unpaired) electrons. The average Bonchev–Trinajstić information content (AvgIpc) is 2.36. The number of carbonyl (C=O) groups is 1. The van der Waals surface area contributed by atoms with Crippen LogP contribution in [0.3, 0.4) is 0 Å². The molecule has 2 rings (SSSR count). The zero-order chi connectivity index (χ0) is 14.0. The zero-order valence-corrected chi connectivity index (χ0v) is 12.6. The lowest BCUT2D eigenvalue weighted by atomic mass is 10.2. The number of aryl methyl sites for hydroxylation is 2. The van der Waals surface area contributed by atoms with Gasteiger partial charge < -0.3 is 5.32 Å². The Balaban J connectivity index is 2.30. The molecule has 0 aliphatic carbocycles. The van der Waals surface area contributed by atoms with Gasteiger partial charge in [-0.15, -0.1) is 0 Å². The van der Waals surface area contributed by atoms with Crippen LogP contribution in [0.1, 0.15) is 21.7 Å². The van der Waals surface area contributed by atoms with Gasteiger partial charge in [0.25, 0.3) is 5.91 Å². The van der Waals surface area contributed by atoms with Gasteiger partial charge in [0.1, 0.15) is 0 Å². The predicted octanol–water partition coefficient (Wildman–Crippen LogP) is 3.16. The van der Waals surface area contributed by atoms with Crippen molar-refractivity contribution in [2.75, 3.05) is 5.32 Å². The molecule has 0 spiro atoms. The molecule has 2 heterocycles. The van der Waals surface area contributed by atoms with E-state index in [-0.39, 0.29) is 11.1 Å². The molecule has 5 nitrogen and oxygen atoms in total. The quantitative estimate of drug-likeness (QED) is 0.852. The maximum atomic E-state index is 12.2. The molecule has 7 heteroatoms. The van der Waals surface area contributed by atoms with Gasteiger partial charge in [-0.1, -0.05) is 11.6 Å². The lowest BCUT2D eigenvalue weighted by Gasteiger charge is -2.08. The first-order chi connectivity index (χ1) is 8.97. The van der Waals surface area contributed by atoms with Crippen LogP contribution in [0.15, 0.2) is 22.8 Å². The van der Waals surface area contributed by atoms with E-state index in [1.807, 2.05) is 0 Å². The van der Waals surface area contributed by atoms with Crippen molar-refractivity contribution in [1.29, 1.82) is 0 Å². The molecule has 2 aromatic rings. The van der Waals surface area contributed by atoms with Crippen LogP contribution in [0.4, 0.5) is 5.69 Å². The zero-order valence-electron chi connectivity index (χ0n) is 10.2. The van der Waals surface area contributed by atoms with Crippen molar-refractivity contribution in [1.82, 2.24) is 15.2 Å². The van der Waals surface area contributed by atoms with Crippen LogP contribution in [0.2, 0.25) is 5.15 Å². The van der Waals surface area contributed by atoms with Crippen LogP contribution < -0.4 is 5.32 Å². The Hall–Kier alpha value is -1.53. The van der Waals surface area contributed by atoms with E-state index >= 15 is 0 Å². The summed E-state index contributed by atoms with van der Waals surface area (Å²) in [6.07, 6.45) is 1.56. The summed E-state index contributed by atoms with van der Waals surface area (Å²) >= 11 is 9.20. The number of hydrogen-bond donors (Lipinski definition) is 1. The van der Waals surface area contributed by atoms with E-state index in [4.69, 9.17) is 11.6 Å². The van der Waals surface area contributed by atoms with E-state index in [1.54, 1.807) is 32.2 Å². The van der Waals surface area contributed by atoms with E-state index in [2.05, 4.69) is 36.4 Å². The fourth-order valence-electron chi connectivity index (χ4n) is 1.48. The van der Waals surface area contributed by atoms with Gasteiger partial charge in [0.2, 0.25) is 0 Å². The maximum absolute atomic E-state index is 12.2. The van der Waals surface area contributed by atoms with Crippen LogP contribution in [0, 0.1) is 13.8 Å². The van der Waals surface area contributed by atoms with Crippen molar-refractivity contribution < 1.29 is 4.79 Å². The second kappa shape index (κ2) is 5.63. The van der Waals surface area contributed by atoms with Crippen LogP contribution >= 0.6 is 27.5 Å². The smallest absolute Gasteiger partial charge is 0.257 e. The number of nitrogens with one attached hydrogen (secondary N) is 1. The summed E-state index contributed by atoms with van der Waals surface area (Å²) in [5, 5.41) is 10.7. The number of anilines is 1. The van der Waals surface area contributed by atoms with Gasteiger partial charge >= 0.3 is 0 Å². The fraction of sp³-hybridized carbons (Fsp3) is 0.167. The summed E-state index contributed by atoms with van der Waals surface area (Å²) in [4.78, 5) is 16.1. The summed E-state index contributed by atoms with van der Waals surface area (Å²) in [5.74, 6) is -0.294. The third-order valence-corrected chi connectivity index (χ3v) is 3.13. The molecule has 0 atom stereocenters. The number of rotatable bonds is 2. The topological polar surface area (TPSA) is 67.8 Å². The Morgan fingerprint density at radius 2 is 2.05 bits per heavy atom. The minimum Gasteiger partial charge on any atom is -0.319 e. The van der Waals surface area contributed by atoms with Crippen molar-refractivity contribution in [2.24, 2.45) is 0 Å². The highest BCUT2D eigenvalue weighted by Gasteiger charge is 2.13. The minimum absolute atomic E-state index is 0.230. The maximum Gasteiger partial charge on any atom is 0.257 e. The number of halogens is 2. The van der Waals surface area contributed by atoms with Crippen LogP contribution in [-0.4, -0.2) is 21.1 Å². The molecule has 0 aliphatic heterocycles. The Kier molecular flexibility index (Phi) is 4.11. The highest BCUT2D eigenvalue weighted by atomic mass is 79.9. The molecule has 0 saturated carbocycles. The molecule has 19 heavy (non-hydrogen) atoms. The molecule has 2 aromatic heterocycles. The second-order valence-electron chi connectivity index (χ2n) is 3.93. The van der Waals surface area contributed by atoms with Gasteiger partial charge in [-0.2, -0.15) is 10.2 Å². The van der Waals surface area contributed by atoms with Gasteiger partial charge in [-0.05, 0) is 41.9 Å². The Morgan fingerprint density at radius 3 is 2.79 bits per heavy atom. The standard InChI is InChI=1S/C12H10BrClN4O/c1-6-3-9(7(2)18-17-6)12(19)16-10-4-8(13)5-15-11(10)14/h3-5H,1-2H3,(H,16,19). The van der Waals surface area contributed by atoms with E-state index in [1.165, 1.54) is 0 Å².